The number of carbonyl (C=O) groups is 2. The van der Waals surface area contributed by atoms with Gasteiger partial charge in [0.05, 0.1) is 11.9 Å². The van der Waals surface area contributed by atoms with Crippen LogP contribution in [0.15, 0.2) is 12.3 Å². The van der Waals surface area contributed by atoms with Gasteiger partial charge in [-0.1, -0.05) is 0 Å². The lowest BCUT2D eigenvalue weighted by atomic mass is 10.1. The molecule has 0 unspecified atom stereocenters. The van der Waals surface area contributed by atoms with Gasteiger partial charge in [-0.3, -0.25) is 9.88 Å². The minimum absolute atomic E-state index is 0.173. The Bertz CT molecular complexity index is 718. The van der Waals surface area contributed by atoms with Crippen molar-refractivity contribution < 1.29 is 28.9 Å². The summed E-state index contributed by atoms with van der Waals surface area (Å²) >= 11 is 0. The van der Waals surface area contributed by atoms with Crippen LogP contribution in [0.5, 0.6) is 11.5 Å². The van der Waals surface area contributed by atoms with Crippen LogP contribution >= 0.6 is 0 Å². The van der Waals surface area contributed by atoms with Crippen molar-refractivity contribution in [3.8, 4) is 11.5 Å². The molecular weight excluding hydrogens is 354 g/mol. The second-order valence-corrected chi connectivity index (χ2v) is 7.62. The average molecular weight is 379 g/mol. The van der Waals surface area contributed by atoms with E-state index in [1.54, 1.807) is 33.0 Å². The first-order chi connectivity index (χ1) is 12.7. The van der Waals surface area contributed by atoms with Crippen LogP contribution in [0.25, 0.3) is 0 Å². The molecule has 3 heterocycles. The quantitative estimate of drug-likeness (QED) is 0.808. The Hall–Kier alpha value is -2.55. The lowest BCUT2D eigenvalue weighted by Crippen LogP contribution is -2.43. The van der Waals surface area contributed by atoms with Crippen LogP contribution in [0.4, 0.5) is 4.79 Å². The van der Waals surface area contributed by atoms with Crippen LogP contribution < -0.4 is 14.8 Å². The first-order valence-electron chi connectivity index (χ1n) is 8.93. The number of amides is 1. The number of carbonyl (C=O) groups excluding carboxylic acids is 1. The maximum absolute atomic E-state index is 12.3. The SMILES string of the molecule is CC(C)(C)OC(=O)N1C[C@@H](NCc2cc3c(cn2)OCCO3)C[C@@H]1C(=O)O. The summed E-state index contributed by atoms with van der Waals surface area (Å²) in [7, 11) is 0. The largest absolute Gasteiger partial charge is 0.486 e. The standard InChI is InChI=1S/C18H25N3O6/c1-18(2,3)27-17(24)21-10-12(6-13(21)16(22)23)19-8-11-7-14-15(9-20-11)26-5-4-25-14/h7,9,12-13,19H,4-6,8,10H2,1-3H3,(H,22,23)/t12-,13+/m0/s1. The third-order valence-corrected chi connectivity index (χ3v) is 4.27. The van der Waals surface area contributed by atoms with Crippen molar-refractivity contribution in [3.05, 3.63) is 18.0 Å². The Morgan fingerprint density at radius 1 is 1.33 bits per heavy atom. The Morgan fingerprint density at radius 3 is 2.70 bits per heavy atom. The number of carboxylic acids is 1. The van der Waals surface area contributed by atoms with Crippen molar-refractivity contribution in [2.24, 2.45) is 0 Å². The molecule has 1 amide bonds. The zero-order valence-electron chi connectivity index (χ0n) is 15.7. The highest BCUT2D eigenvalue weighted by Crippen LogP contribution is 2.29. The number of likely N-dealkylation sites (tertiary alicyclic amines) is 1. The second kappa shape index (κ2) is 7.59. The average Bonchev–Trinajstić information content (AvgIpc) is 3.03. The fourth-order valence-corrected chi connectivity index (χ4v) is 3.08. The minimum Gasteiger partial charge on any atom is -0.486 e. The summed E-state index contributed by atoms with van der Waals surface area (Å²) in [5.74, 6) is 0.230. The van der Waals surface area contributed by atoms with Crippen molar-refractivity contribution >= 4 is 12.1 Å². The number of pyridine rings is 1. The van der Waals surface area contributed by atoms with Gasteiger partial charge in [0.2, 0.25) is 0 Å². The van der Waals surface area contributed by atoms with Crippen molar-refractivity contribution in [2.45, 2.75) is 51.4 Å². The van der Waals surface area contributed by atoms with E-state index >= 15 is 0 Å². The van der Waals surface area contributed by atoms with E-state index in [9.17, 15) is 14.7 Å². The van der Waals surface area contributed by atoms with Crippen molar-refractivity contribution in [2.75, 3.05) is 19.8 Å². The molecule has 0 aliphatic carbocycles. The summed E-state index contributed by atoms with van der Waals surface area (Å²) in [5, 5.41) is 12.7. The molecule has 0 spiro atoms. The Kier molecular flexibility index (Phi) is 5.41. The molecule has 27 heavy (non-hydrogen) atoms. The van der Waals surface area contributed by atoms with Gasteiger partial charge < -0.3 is 24.6 Å². The van der Waals surface area contributed by atoms with E-state index in [1.807, 2.05) is 0 Å². The maximum Gasteiger partial charge on any atom is 0.411 e. The highest BCUT2D eigenvalue weighted by atomic mass is 16.6. The molecule has 2 aliphatic rings. The number of aromatic nitrogens is 1. The maximum atomic E-state index is 12.3. The summed E-state index contributed by atoms with van der Waals surface area (Å²) in [5.41, 5.74) is 0.0719. The molecule has 1 aromatic heterocycles. The van der Waals surface area contributed by atoms with Crippen molar-refractivity contribution in [1.29, 1.82) is 0 Å². The Morgan fingerprint density at radius 2 is 2.04 bits per heavy atom. The molecule has 3 rings (SSSR count). The van der Waals surface area contributed by atoms with Crippen LogP contribution in [0.3, 0.4) is 0 Å². The van der Waals surface area contributed by atoms with Gasteiger partial charge in [-0.05, 0) is 27.2 Å². The van der Waals surface area contributed by atoms with E-state index < -0.39 is 23.7 Å². The fraction of sp³-hybridized carbons (Fsp3) is 0.611. The van der Waals surface area contributed by atoms with Gasteiger partial charge >= 0.3 is 12.1 Å². The van der Waals surface area contributed by atoms with Gasteiger partial charge in [0.1, 0.15) is 24.9 Å². The summed E-state index contributed by atoms with van der Waals surface area (Å²) < 4.78 is 16.3. The first-order valence-corrected chi connectivity index (χ1v) is 8.93. The molecule has 2 N–H and O–H groups in total. The highest BCUT2D eigenvalue weighted by Gasteiger charge is 2.41. The Labute approximate surface area is 157 Å². The summed E-state index contributed by atoms with van der Waals surface area (Å²) in [6.07, 6.45) is 1.31. The Balaban J connectivity index is 1.61. The second-order valence-electron chi connectivity index (χ2n) is 7.62. The van der Waals surface area contributed by atoms with Gasteiger partial charge in [-0.15, -0.1) is 0 Å². The summed E-state index contributed by atoms with van der Waals surface area (Å²) in [4.78, 5) is 29.5. The van der Waals surface area contributed by atoms with Crippen molar-refractivity contribution in [1.82, 2.24) is 15.2 Å². The lowest BCUT2D eigenvalue weighted by Gasteiger charge is -2.26. The molecule has 1 fully saturated rings. The van der Waals surface area contributed by atoms with E-state index in [2.05, 4.69) is 10.3 Å². The van der Waals surface area contributed by atoms with Crippen LogP contribution in [0.1, 0.15) is 32.9 Å². The van der Waals surface area contributed by atoms with E-state index in [0.717, 1.165) is 5.69 Å². The molecule has 2 atom stereocenters. The number of carboxylic acid groups (broad SMARTS) is 1. The zero-order chi connectivity index (χ0) is 19.6. The number of hydrogen-bond acceptors (Lipinski definition) is 7. The minimum atomic E-state index is -1.04. The van der Waals surface area contributed by atoms with Crippen LogP contribution in [0, 0.1) is 0 Å². The van der Waals surface area contributed by atoms with E-state index in [-0.39, 0.29) is 12.6 Å². The predicted molar refractivity (Wildman–Crippen MR) is 94.8 cm³/mol. The van der Waals surface area contributed by atoms with Crippen molar-refractivity contribution in [3.63, 3.8) is 0 Å². The molecule has 148 valence electrons. The predicted octanol–water partition coefficient (Wildman–Crippen LogP) is 1.41. The van der Waals surface area contributed by atoms with Gasteiger partial charge in [-0.25, -0.2) is 9.59 Å². The molecule has 9 heteroatoms. The topological polar surface area (TPSA) is 110 Å². The van der Waals surface area contributed by atoms with E-state index in [4.69, 9.17) is 14.2 Å². The molecule has 0 bridgehead atoms. The summed E-state index contributed by atoms with van der Waals surface area (Å²) in [6, 6.07) is 0.718. The van der Waals surface area contributed by atoms with E-state index in [1.165, 1.54) is 4.90 Å². The monoisotopic (exact) mass is 379 g/mol. The molecule has 0 radical (unpaired) electrons. The zero-order valence-corrected chi connectivity index (χ0v) is 15.7. The van der Waals surface area contributed by atoms with Crippen LogP contribution in [0.2, 0.25) is 0 Å². The molecule has 0 saturated carbocycles. The number of hydrogen-bond donors (Lipinski definition) is 2. The van der Waals surface area contributed by atoms with Gasteiger partial charge in [0, 0.05) is 25.2 Å². The van der Waals surface area contributed by atoms with Gasteiger partial charge in [0.25, 0.3) is 0 Å². The number of ether oxygens (including phenoxy) is 3. The highest BCUT2D eigenvalue weighted by molar-refractivity contribution is 5.81. The smallest absolute Gasteiger partial charge is 0.411 e. The number of nitrogens with one attached hydrogen (secondary N) is 1. The first kappa shape index (κ1) is 19.2. The molecule has 1 saturated heterocycles. The third-order valence-electron chi connectivity index (χ3n) is 4.27. The third kappa shape index (κ3) is 4.79. The molecule has 2 aliphatic heterocycles. The van der Waals surface area contributed by atoms with Gasteiger partial charge in [0.15, 0.2) is 11.5 Å². The van der Waals surface area contributed by atoms with E-state index in [0.29, 0.717) is 37.7 Å². The number of nitrogens with zero attached hydrogens (tertiary/aromatic N) is 2. The van der Waals surface area contributed by atoms with Gasteiger partial charge in [-0.2, -0.15) is 0 Å². The normalized spacial score (nSPS) is 21.8. The van der Waals surface area contributed by atoms with Crippen LogP contribution in [-0.2, 0) is 16.1 Å². The number of fused-ring (bicyclic) bond motifs is 1. The lowest BCUT2D eigenvalue weighted by molar-refractivity contribution is -0.142. The number of rotatable bonds is 4. The number of aliphatic carboxylic acids is 1. The fourth-order valence-electron chi connectivity index (χ4n) is 3.08. The molecule has 1 aromatic rings. The molecule has 0 aromatic carbocycles. The molecule has 9 nitrogen and oxygen atoms in total. The summed E-state index contributed by atoms with van der Waals surface area (Å²) in [6.45, 7) is 6.94. The van der Waals surface area contributed by atoms with Crippen LogP contribution in [-0.4, -0.2) is 64.5 Å². The molecular formula is C18H25N3O6.